The van der Waals surface area contributed by atoms with Crippen LogP contribution in [0.5, 0.6) is 0 Å². The molecule has 2 aromatic rings. The number of hydrogen-bond donors (Lipinski definition) is 2. The number of nitrogens with zero attached hydrogens (tertiary/aromatic N) is 2. The van der Waals surface area contributed by atoms with Crippen molar-refractivity contribution in [2.45, 2.75) is 32.7 Å². The summed E-state index contributed by atoms with van der Waals surface area (Å²) < 4.78 is 0. The van der Waals surface area contributed by atoms with E-state index >= 15 is 0 Å². The molecule has 0 aliphatic rings. The summed E-state index contributed by atoms with van der Waals surface area (Å²) in [7, 11) is 1.80. The maximum Gasteiger partial charge on any atom is 0.191 e. The Bertz CT molecular complexity index is 577. The van der Waals surface area contributed by atoms with Gasteiger partial charge in [0.25, 0.3) is 0 Å². The molecule has 0 saturated carbocycles. The lowest BCUT2D eigenvalue weighted by atomic mass is 10.2. The van der Waals surface area contributed by atoms with E-state index in [9.17, 15) is 0 Å². The van der Waals surface area contributed by atoms with Crippen LogP contribution in [-0.4, -0.2) is 24.5 Å². The molecule has 0 bridgehead atoms. The first-order valence-electron chi connectivity index (χ1n) is 7.67. The van der Waals surface area contributed by atoms with Gasteiger partial charge in [0.05, 0.1) is 5.01 Å². The lowest BCUT2D eigenvalue weighted by molar-refractivity contribution is 0.692. The molecule has 0 fully saturated rings. The van der Waals surface area contributed by atoms with E-state index in [-0.39, 0.29) is 0 Å². The second-order valence-electron chi connectivity index (χ2n) is 5.18. The lowest BCUT2D eigenvalue weighted by Crippen LogP contribution is -2.37. The van der Waals surface area contributed by atoms with Crippen LogP contribution in [0, 0.1) is 6.92 Å². The van der Waals surface area contributed by atoms with Crippen molar-refractivity contribution in [2.75, 3.05) is 13.6 Å². The Morgan fingerprint density at radius 2 is 2.00 bits per heavy atom. The van der Waals surface area contributed by atoms with Crippen LogP contribution in [0.4, 0.5) is 0 Å². The average Bonchev–Trinajstić information content (AvgIpc) is 2.96. The van der Waals surface area contributed by atoms with Gasteiger partial charge in [-0.2, -0.15) is 0 Å². The molecule has 0 saturated heterocycles. The molecule has 2 N–H and O–H groups in total. The molecule has 1 aromatic heterocycles. The highest BCUT2D eigenvalue weighted by Crippen LogP contribution is 2.11. The first kappa shape index (κ1) is 16.5. The van der Waals surface area contributed by atoms with Gasteiger partial charge in [-0.3, -0.25) is 4.99 Å². The van der Waals surface area contributed by atoms with Crippen molar-refractivity contribution >= 4 is 17.3 Å². The summed E-state index contributed by atoms with van der Waals surface area (Å²) >= 11 is 1.76. The van der Waals surface area contributed by atoms with Crippen LogP contribution in [0.2, 0.25) is 0 Å². The minimum Gasteiger partial charge on any atom is -0.356 e. The minimum atomic E-state index is 0.791. The number of benzene rings is 1. The molecular weight excluding hydrogens is 292 g/mol. The van der Waals surface area contributed by atoms with Crippen LogP contribution in [0.25, 0.3) is 0 Å². The Morgan fingerprint density at radius 3 is 2.68 bits per heavy atom. The molecule has 4 nitrogen and oxygen atoms in total. The van der Waals surface area contributed by atoms with Gasteiger partial charge in [-0.15, -0.1) is 11.3 Å². The summed E-state index contributed by atoms with van der Waals surface area (Å²) in [5, 5.41) is 10.0. The molecule has 118 valence electrons. The molecule has 0 aliphatic carbocycles. The zero-order chi connectivity index (χ0) is 15.6. The number of guanidine groups is 1. The monoisotopic (exact) mass is 316 g/mol. The van der Waals surface area contributed by atoms with E-state index < -0.39 is 0 Å². The quantitative estimate of drug-likeness (QED) is 0.469. The minimum absolute atomic E-state index is 0.791. The van der Waals surface area contributed by atoms with E-state index in [1.165, 1.54) is 10.6 Å². The molecule has 22 heavy (non-hydrogen) atoms. The number of thiazole rings is 1. The molecule has 0 atom stereocenters. The van der Waals surface area contributed by atoms with Gasteiger partial charge in [0, 0.05) is 31.2 Å². The highest BCUT2D eigenvalue weighted by atomic mass is 32.1. The zero-order valence-corrected chi connectivity index (χ0v) is 14.1. The fourth-order valence-electron chi connectivity index (χ4n) is 2.13. The van der Waals surface area contributed by atoms with Gasteiger partial charge in [0.2, 0.25) is 0 Å². The van der Waals surface area contributed by atoms with Crippen molar-refractivity contribution in [3.05, 3.63) is 52.0 Å². The molecular formula is C17H24N4S. The van der Waals surface area contributed by atoms with E-state index in [1.54, 1.807) is 18.4 Å². The number of hydrogen-bond acceptors (Lipinski definition) is 3. The van der Waals surface area contributed by atoms with E-state index in [1.807, 2.05) is 25.1 Å². The summed E-state index contributed by atoms with van der Waals surface area (Å²) in [5.74, 6) is 0.856. The Morgan fingerprint density at radius 1 is 1.18 bits per heavy atom. The summed E-state index contributed by atoms with van der Waals surface area (Å²) in [6.07, 6.45) is 3.33. The molecule has 5 heteroatoms. The van der Waals surface area contributed by atoms with Gasteiger partial charge in [-0.05, 0) is 31.7 Å². The number of aromatic nitrogens is 1. The van der Waals surface area contributed by atoms with E-state index in [2.05, 4.69) is 38.1 Å². The molecule has 0 unspecified atom stereocenters. The molecule has 0 aliphatic heterocycles. The van der Waals surface area contributed by atoms with Crippen LogP contribution in [0.15, 0.2) is 40.7 Å². The third-order valence-electron chi connectivity index (χ3n) is 3.30. The number of nitrogens with one attached hydrogen (secondary N) is 2. The van der Waals surface area contributed by atoms with Crippen molar-refractivity contribution < 1.29 is 0 Å². The summed E-state index contributed by atoms with van der Waals surface area (Å²) in [4.78, 5) is 8.73. The van der Waals surface area contributed by atoms with Gasteiger partial charge in [0.1, 0.15) is 0 Å². The predicted octanol–water partition coefficient (Wildman–Crippen LogP) is 3.14. The van der Waals surface area contributed by atoms with Gasteiger partial charge < -0.3 is 10.6 Å². The standard InChI is InChI=1S/C17H24N4S/c1-14-13-22-16(21-14)10-6-7-11-19-17(18-2)20-12-15-8-4-3-5-9-15/h3-5,8-9,13H,6-7,10-12H2,1-2H3,(H2,18,19,20). The van der Waals surface area contributed by atoms with Crippen LogP contribution >= 0.6 is 11.3 Å². The van der Waals surface area contributed by atoms with Crippen LogP contribution < -0.4 is 10.6 Å². The lowest BCUT2D eigenvalue weighted by Gasteiger charge is -2.11. The molecule has 0 radical (unpaired) electrons. The first-order chi connectivity index (χ1) is 10.8. The molecule has 0 amide bonds. The van der Waals surface area contributed by atoms with Crippen molar-refractivity contribution in [3.63, 3.8) is 0 Å². The number of unbranched alkanes of at least 4 members (excludes halogenated alkanes) is 1. The Balaban J connectivity index is 1.60. The highest BCUT2D eigenvalue weighted by molar-refractivity contribution is 7.09. The Labute approximate surface area is 136 Å². The maximum absolute atomic E-state index is 4.48. The summed E-state index contributed by atoms with van der Waals surface area (Å²) in [5.41, 5.74) is 2.38. The second kappa shape index (κ2) is 9.20. The highest BCUT2D eigenvalue weighted by Gasteiger charge is 2.00. The molecule has 1 aromatic carbocycles. The van der Waals surface area contributed by atoms with E-state index in [0.29, 0.717) is 0 Å². The topological polar surface area (TPSA) is 49.3 Å². The predicted molar refractivity (Wildman–Crippen MR) is 94.4 cm³/mol. The third-order valence-corrected chi connectivity index (χ3v) is 4.33. The third kappa shape index (κ3) is 5.85. The second-order valence-corrected chi connectivity index (χ2v) is 6.12. The Hall–Kier alpha value is -1.88. The molecule has 1 heterocycles. The van der Waals surface area contributed by atoms with Crippen molar-refractivity contribution in [2.24, 2.45) is 4.99 Å². The number of aliphatic imine (C=N–C) groups is 1. The van der Waals surface area contributed by atoms with Gasteiger partial charge in [0.15, 0.2) is 5.96 Å². The smallest absolute Gasteiger partial charge is 0.191 e. The van der Waals surface area contributed by atoms with Gasteiger partial charge >= 0.3 is 0 Å². The van der Waals surface area contributed by atoms with Crippen LogP contribution in [0.1, 0.15) is 29.1 Å². The van der Waals surface area contributed by atoms with Crippen molar-refractivity contribution in [3.8, 4) is 0 Å². The zero-order valence-electron chi connectivity index (χ0n) is 13.3. The Kier molecular flexibility index (Phi) is 6.90. The largest absolute Gasteiger partial charge is 0.356 e. The number of aryl methyl sites for hydroxylation is 2. The van der Waals surface area contributed by atoms with E-state index in [0.717, 1.165) is 44.0 Å². The average molecular weight is 316 g/mol. The summed E-state index contributed by atoms with van der Waals surface area (Å²) in [6.45, 7) is 3.77. The SMILES string of the molecule is CN=C(NCCCCc1nc(C)cs1)NCc1ccccc1. The van der Waals surface area contributed by atoms with Gasteiger partial charge in [-0.1, -0.05) is 30.3 Å². The van der Waals surface area contributed by atoms with E-state index in [4.69, 9.17) is 0 Å². The fraction of sp³-hybridized carbons (Fsp3) is 0.412. The number of rotatable bonds is 7. The first-order valence-corrected chi connectivity index (χ1v) is 8.55. The van der Waals surface area contributed by atoms with Crippen LogP contribution in [-0.2, 0) is 13.0 Å². The molecule has 2 rings (SSSR count). The normalized spacial score (nSPS) is 11.5. The molecule has 0 spiro atoms. The van der Waals surface area contributed by atoms with Crippen molar-refractivity contribution in [1.82, 2.24) is 15.6 Å². The van der Waals surface area contributed by atoms with Gasteiger partial charge in [-0.25, -0.2) is 4.98 Å². The summed E-state index contributed by atoms with van der Waals surface area (Å²) in [6, 6.07) is 10.3. The van der Waals surface area contributed by atoms with Crippen molar-refractivity contribution in [1.29, 1.82) is 0 Å². The van der Waals surface area contributed by atoms with Crippen LogP contribution in [0.3, 0.4) is 0 Å². The maximum atomic E-state index is 4.48. The fourth-order valence-corrected chi connectivity index (χ4v) is 2.95.